The molecule has 0 spiro atoms. The fourth-order valence-electron chi connectivity index (χ4n) is 1.96. The zero-order valence-corrected chi connectivity index (χ0v) is 12.4. The number of unbranched alkanes of at least 4 members (excludes halogenated alkanes) is 1. The van der Waals surface area contributed by atoms with Crippen LogP contribution in [-0.4, -0.2) is 22.2 Å². The average Bonchev–Trinajstić information content (AvgIpc) is 2.75. The van der Waals surface area contributed by atoms with E-state index in [0.29, 0.717) is 23.0 Å². The Bertz CT molecular complexity index is 593. The van der Waals surface area contributed by atoms with Crippen LogP contribution in [0.4, 0.5) is 0 Å². The highest BCUT2D eigenvalue weighted by Gasteiger charge is 2.20. The smallest absolute Gasteiger partial charge is 0.256 e. The van der Waals surface area contributed by atoms with E-state index < -0.39 is 0 Å². The number of hydrogen-bond donors (Lipinski definition) is 1. The second-order valence-electron chi connectivity index (χ2n) is 4.61. The lowest BCUT2D eigenvalue weighted by Gasteiger charge is -2.04. The molecule has 0 atom stereocenters. The topological polar surface area (TPSA) is 46.9 Å². The molecule has 106 valence electrons. The summed E-state index contributed by atoms with van der Waals surface area (Å²) >= 11 is 6.31. The number of rotatable bonds is 5. The van der Waals surface area contributed by atoms with E-state index in [1.54, 1.807) is 11.6 Å². The Hall–Kier alpha value is -1.81. The predicted octanol–water partition coefficient (Wildman–Crippen LogP) is 3.36. The van der Waals surface area contributed by atoms with Crippen molar-refractivity contribution in [2.45, 2.75) is 26.7 Å². The Balaban J connectivity index is 2.28. The van der Waals surface area contributed by atoms with Crippen LogP contribution in [0.3, 0.4) is 0 Å². The van der Waals surface area contributed by atoms with Gasteiger partial charge in [-0.3, -0.25) is 4.79 Å². The Morgan fingerprint density at radius 3 is 2.70 bits per heavy atom. The lowest BCUT2D eigenvalue weighted by atomic mass is 10.2. The Morgan fingerprint density at radius 1 is 1.35 bits per heavy atom. The number of aromatic nitrogens is 2. The third-order valence-electron chi connectivity index (χ3n) is 3.05. The summed E-state index contributed by atoms with van der Waals surface area (Å²) in [7, 11) is 0. The minimum Gasteiger partial charge on any atom is -0.352 e. The van der Waals surface area contributed by atoms with E-state index in [1.165, 1.54) is 0 Å². The first kappa shape index (κ1) is 14.6. The molecule has 1 amide bonds. The largest absolute Gasteiger partial charge is 0.352 e. The molecule has 0 aliphatic rings. The lowest BCUT2D eigenvalue weighted by molar-refractivity contribution is 0.0952. The van der Waals surface area contributed by atoms with E-state index >= 15 is 0 Å². The number of nitrogens with one attached hydrogen (secondary N) is 1. The van der Waals surface area contributed by atoms with Gasteiger partial charge in [-0.2, -0.15) is 5.10 Å². The number of aryl methyl sites for hydroxylation is 1. The number of benzene rings is 1. The molecule has 1 N–H and O–H groups in total. The highest BCUT2D eigenvalue weighted by molar-refractivity contribution is 6.33. The summed E-state index contributed by atoms with van der Waals surface area (Å²) in [5.41, 5.74) is 1.92. The second-order valence-corrected chi connectivity index (χ2v) is 4.97. The van der Waals surface area contributed by atoms with Gasteiger partial charge in [-0.05, 0) is 25.5 Å². The van der Waals surface area contributed by atoms with Crippen LogP contribution in [0.2, 0.25) is 5.15 Å². The van der Waals surface area contributed by atoms with Crippen molar-refractivity contribution >= 4 is 17.5 Å². The van der Waals surface area contributed by atoms with Crippen LogP contribution in [0.1, 0.15) is 35.8 Å². The number of nitrogens with zero attached hydrogens (tertiary/aromatic N) is 2. The molecule has 2 rings (SSSR count). The molecule has 2 aromatic rings. The molecule has 0 saturated heterocycles. The summed E-state index contributed by atoms with van der Waals surface area (Å²) < 4.78 is 1.59. The van der Waals surface area contributed by atoms with Crippen molar-refractivity contribution in [3.8, 4) is 5.69 Å². The maximum absolute atomic E-state index is 12.2. The van der Waals surface area contributed by atoms with Gasteiger partial charge in [-0.15, -0.1) is 0 Å². The van der Waals surface area contributed by atoms with E-state index in [1.807, 2.05) is 30.3 Å². The van der Waals surface area contributed by atoms with Crippen LogP contribution >= 0.6 is 11.6 Å². The van der Waals surface area contributed by atoms with Crippen LogP contribution in [0.15, 0.2) is 30.3 Å². The molecular weight excluding hydrogens is 274 g/mol. The number of carbonyl (C=O) groups excluding carboxylic acids is 1. The van der Waals surface area contributed by atoms with Crippen LogP contribution in [-0.2, 0) is 0 Å². The van der Waals surface area contributed by atoms with Crippen molar-refractivity contribution in [3.63, 3.8) is 0 Å². The zero-order chi connectivity index (χ0) is 14.5. The quantitative estimate of drug-likeness (QED) is 0.859. The molecule has 4 nitrogen and oxygen atoms in total. The van der Waals surface area contributed by atoms with Crippen molar-refractivity contribution in [3.05, 3.63) is 46.7 Å². The van der Waals surface area contributed by atoms with Gasteiger partial charge in [-0.1, -0.05) is 43.1 Å². The van der Waals surface area contributed by atoms with Crippen LogP contribution < -0.4 is 5.32 Å². The van der Waals surface area contributed by atoms with Gasteiger partial charge in [0.25, 0.3) is 5.91 Å². The number of hydrogen-bond acceptors (Lipinski definition) is 2. The highest BCUT2D eigenvalue weighted by Crippen LogP contribution is 2.23. The van der Waals surface area contributed by atoms with Crippen molar-refractivity contribution < 1.29 is 4.79 Å². The summed E-state index contributed by atoms with van der Waals surface area (Å²) in [4.78, 5) is 12.2. The summed E-state index contributed by atoms with van der Waals surface area (Å²) in [6, 6.07) is 9.54. The Labute approximate surface area is 123 Å². The zero-order valence-electron chi connectivity index (χ0n) is 11.7. The molecule has 0 aliphatic carbocycles. The molecule has 0 saturated carbocycles. The van der Waals surface area contributed by atoms with E-state index in [9.17, 15) is 4.79 Å². The number of para-hydroxylation sites is 1. The van der Waals surface area contributed by atoms with Gasteiger partial charge < -0.3 is 5.32 Å². The molecule has 5 heteroatoms. The third kappa shape index (κ3) is 3.02. The normalized spacial score (nSPS) is 10.6. The molecule has 20 heavy (non-hydrogen) atoms. The molecule has 0 bridgehead atoms. The molecule has 1 aromatic heterocycles. The molecule has 0 radical (unpaired) electrons. The van der Waals surface area contributed by atoms with Gasteiger partial charge in [-0.25, -0.2) is 4.68 Å². The Morgan fingerprint density at radius 2 is 2.05 bits per heavy atom. The predicted molar refractivity (Wildman–Crippen MR) is 80.6 cm³/mol. The van der Waals surface area contributed by atoms with Gasteiger partial charge in [0.05, 0.1) is 16.9 Å². The minimum absolute atomic E-state index is 0.164. The first-order valence-electron chi connectivity index (χ1n) is 6.74. The summed E-state index contributed by atoms with van der Waals surface area (Å²) in [6.07, 6.45) is 1.99. The van der Waals surface area contributed by atoms with Gasteiger partial charge >= 0.3 is 0 Å². The standard InChI is InChI=1S/C15H18ClN3O/c1-3-4-10-17-15(20)13-11(2)18-19(14(13)16)12-8-6-5-7-9-12/h5-9H,3-4,10H2,1-2H3,(H,17,20). The van der Waals surface area contributed by atoms with E-state index in [4.69, 9.17) is 11.6 Å². The first-order chi connectivity index (χ1) is 9.65. The van der Waals surface area contributed by atoms with Gasteiger partial charge in [0.1, 0.15) is 5.15 Å². The third-order valence-corrected chi connectivity index (χ3v) is 3.40. The number of carbonyl (C=O) groups is 1. The maximum atomic E-state index is 12.2. The minimum atomic E-state index is -0.164. The van der Waals surface area contributed by atoms with Crippen molar-refractivity contribution in [1.82, 2.24) is 15.1 Å². The van der Waals surface area contributed by atoms with Gasteiger partial charge in [0.2, 0.25) is 0 Å². The molecular formula is C15H18ClN3O. The fraction of sp³-hybridized carbons (Fsp3) is 0.333. The van der Waals surface area contributed by atoms with Gasteiger partial charge in [0, 0.05) is 6.54 Å². The molecule has 1 aromatic carbocycles. The summed E-state index contributed by atoms with van der Waals surface area (Å²) in [5.74, 6) is -0.164. The van der Waals surface area contributed by atoms with E-state index in [-0.39, 0.29) is 5.91 Å². The van der Waals surface area contributed by atoms with E-state index in [0.717, 1.165) is 18.5 Å². The number of amides is 1. The van der Waals surface area contributed by atoms with Crippen molar-refractivity contribution in [2.75, 3.05) is 6.54 Å². The fourth-order valence-corrected chi connectivity index (χ4v) is 2.32. The van der Waals surface area contributed by atoms with Crippen LogP contribution in [0, 0.1) is 6.92 Å². The SMILES string of the molecule is CCCCNC(=O)c1c(C)nn(-c2ccccc2)c1Cl. The average molecular weight is 292 g/mol. The second kappa shape index (κ2) is 6.57. The summed E-state index contributed by atoms with van der Waals surface area (Å²) in [6.45, 7) is 4.53. The van der Waals surface area contributed by atoms with Crippen molar-refractivity contribution in [1.29, 1.82) is 0 Å². The maximum Gasteiger partial charge on any atom is 0.256 e. The van der Waals surface area contributed by atoms with Crippen molar-refractivity contribution in [2.24, 2.45) is 0 Å². The molecule has 1 heterocycles. The molecule has 0 aliphatic heterocycles. The monoisotopic (exact) mass is 291 g/mol. The van der Waals surface area contributed by atoms with Gasteiger partial charge in [0.15, 0.2) is 0 Å². The van der Waals surface area contributed by atoms with Crippen LogP contribution in [0.25, 0.3) is 5.69 Å². The number of halogens is 1. The summed E-state index contributed by atoms with van der Waals surface area (Å²) in [5, 5.41) is 7.57. The first-order valence-corrected chi connectivity index (χ1v) is 7.11. The highest BCUT2D eigenvalue weighted by atomic mass is 35.5. The van der Waals surface area contributed by atoms with E-state index in [2.05, 4.69) is 17.3 Å². The molecule has 0 unspecified atom stereocenters. The Kier molecular flexibility index (Phi) is 4.79. The molecule has 0 fully saturated rings. The van der Waals surface area contributed by atoms with Crippen LogP contribution in [0.5, 0.6) is 0 Å². The lowest BCUT2D eigenvalue weighted by Crippen LogP contribution is -2.25.